The maximum atomic E-state index is 11.9. The van der Waals surface area contributed by atoms with Crippen LogP contribution in [-0.2, 0) is 14.4 Å². The van der Waals surface area contributed by atoms with E-state index >= 15 is 0 Å². The molecule has 1 aromatic carbocycles. The number of rotatable bonds is 8. The van der Waals surface area contributed by atoms with Crippen molar-refractivity contribution in [2.45, 2.75) is 25.1 Å². The first-order valence-corrected chi connectivity index (χ1v) is 9.50. The Morgan fingerprint density at radius 2 is 1.73 bits per heavy atom. The van der Waals surface area contributed by atoms with Crippen molar-refractivity contribution in [3.63, 3.8) is 0 Å². The lowest BCUT2D eigenvalue weighted by atomic mass is 9.60. The van der Waals surface area contributed by atoms with Crippen LogP contribution in [0.2, 0.25) is 0 Å². The number of fused-ring (bicyclic) bond motifs is 1. The fraction of sp³-hybridized carbons (Fsp3) is 0.412. The highest BCUT2D eigenvalue weighted by Gasteiger charge is 2.59. The Morgan fingerprint density at radius 3 is 2.23 bits per heavy atom. The van der Waals surface area contributed by atoms with E-state index in [4.69, 9.17) is 0 Å². The molecule has 2 atom stereocenters. The number of thioether (sulfide) groups is 1. The van der Waals surface area contributed by atoms with Crippen LogP contribution >= 0.6 is 23.1 Å². The summed E-state index contributed by atoms with van der Waals surface area (Å²) in [5.41, 5.74) is -3.01. The van der Waals surface area contributed by atoms with Crippen LogP contribution in [0.15, 0.2) is 28.6 Å². The van der Waals surface area contributed by atoms with Crippen molar-refractivity contribution in [2.24, 2.45) is 16.7 Å². The van der Waals surface area contributed by atoms with E-state index in [2.05, 4.69) is 4.98 Å². The standard InChI is InChI=1S/C17H19NO6S2/c1-16(2,13(21)22)17(3,14(23)24)9(12(19)20)8-25-15-18-10-6-4-5-7-11(10)26-15/h4-7,9H,8H2,1-3H3,(H,19,20)(H,21,22)(H,23,24). The van der Waals surface area contributed by atoms with Crippen LogP contribution in [0.5, 0.6) is 0 Å². The molecule has 0 amide bonds. The van der Waals surface area contributed by atoms with Gasteiger partial charge >= 0.3 is 17.9 Å². The van der Waals surface area contributed by atoms with E-state index in [9.17, 15) is 29.7 Å². The Hall–Kier alpha value is -2.13. The zero-order valence-corrected chi connectivity index (χ0v) is 16.1. The normalized spacial score (nSPS) is 15.3. The number of aliphatic carboxylic acids is 3. The summed E-state index contributed by atoms with van der Waals surface area (Å²) in [5, 5.41) is 28.8. The van der Waals surface area contributed by atoms with Gasteiger partial charge in [-0.25, -0.2) is 4.98 Å². The maximum absolute atomic E-state index is 11.9. The first-order valence-electron chi connectivity index (χ1n) is 7.69. The molecule has 0 aliphatic carbocycles. The van der Waals surface area contributed by atoms with Gasteiger partial charge in [-0.1, -0.05) is 23.9 Å². The highest BCUT2D eigenvalue weighted by atomic mass is 32.2. The number of carboxylic acids is 3. The molecule has 9 heteroatoms. The Morgan fingerprint density at radius 1 is 1.12 bits per heavy atom. The quantitative estimate of drug-likeness (QED) is 0.580. The molecule has 0 fully saturated rings. The van der Waals surface area contributed by atoms with Crippen LogP contribution in [0.1, 0.15) is 20.8 Å². The highest BCUT2D eigenvalue weighted by molar-refractivity contribution is 8.01. The van der Waals surface area contributed by atoms with E-state index in [0.29, 0.717) is 4.34 Å². The van der Waals surface area contributed by atoms with Crippen molar-refractivity contribution in [1.29, 1.82) is 0 Å². The monoisotopic (exact) mass is 397 g/mol. The summed E-state index contributed by atoms with van der Waals surface area (Å²) in [7, 11) is 0. The molecule has 0 bridgehead atoms. The third kappa shape index (κ3) is 3.41. The second-order valence-corrected chi connectivity index (χ2v) is 8.88. The molecule has 0 aliphatic rings. The summed E-state index contributed by atoms with van der Waals surface area (Å²) in [4.78, 5) is 39.8. The number of thiazole rings is 1. The van der Waals surface area contributed by atoms with Crippen LogP contribution < -0.4 is 0 Å². The van der Waals surface area contributed by atoms with Crippen molar-refractivity contribution in [3.05, 3.63) is 24.3 Å². The number of benzene rings is 1. The van der Waals surface area contributed by atoms with Gasteiger partial charge in [0, 0.05) is 5.75 Å². The summed E-state index contributed by atoms with van der Waals surface area (Å²) in [6, 6.07) is 7.43. The Kier molecular flexibility index (Phi) is 5.62. The zero-order valence-electron chi connectivity index (χ0n) is 14.4. The van der Waals surface area contributed by atoms with Crippen LogP contribution in [0, 0.1) is 16.7 Å². The molecule has 2 rings (SSSR count). The Balaban J connectivity index is 2.35. The zero-order chi connectivity index (χ0) is 19.7. The molecule has 3 N–H and O–H groups in total. The predicted octanol–water partition coefficient (Wildman–Crippen LogP) is 3.29. The predicted molar refractivity (Wildman–Crippen MR) is 98.6 cm³/mol. The molecule has 1 heterocycles. The van der Waals surface area contributed by atoms with Crippen molar-refractivity contribution in [1.82, 2.24) is 4.98 Å². The van der Waals surface area contributed by atoms with Gasteiger partial charge in [-0.3, -0.25) is 14.4 Å². The van der Waals surface area contributed by atoms with E-state index < -0.39 is 34.7 Å². The molecule has 7 nitrogen and oxygen atoms in total. The van der Waals surface area contributed by atoms with Crippen LogP contribution in [0.25, 0.3) is 10.2 Å². The van der Waals surface area contributed by atoms with Crippen LogP contribution in [0.4, 0.5) is 0 Å². The molecular weight excluding hydrogens is 378 g/mol. The summed E-state index contributed by atoms with van der Waals surface area (Å²) in [6.07, 6.45) is 0. The van der Waals surface area contributed by atoms with Gasteiger partial charge in [-0.15, -0.1) is 11.3 Å². The number of nitrogens with zero attached hydrogens (tertiary/aromatic N) is 1. The summed E-state index contributed by atoms with van der Waals surface area (Å²) in [6.45, 7) is 3.66. The molecule has 2 aromatic rings. The average molecular weight is 397 g/mol. The number of para-hydroxylation sites is 1. The smallest absolute Gasteiger partial charge is 0.311 e. The van der Waals surface area contributed by atoms with E-state index in [0.717, 1.165) is 22.0 Å². The lowest BCUT2D eigenvalue weighted by Gasteiger charge is -2.41. The fourth-order valence-corrected chi connectivity index (χ4v) is 4.98. The SMILES string of the molecule is CC(C)(C(=O)O)C(C)(C(=O)O)C(CSc1nc2ccccc2s1)C(=O)O. The van der Waals surface area contributed by atoms with Gasteiger partial charge in [-0.2, -0.15) is 0 Å². The second kappa shape index (κ2) is 7.24. The van der Waals surface area contributed by atoms with E-state index in [1.165, 1.54) is 32.1 Å². The minimum atomic E-state index is -2.01. The van der Waals surface area contributed by atoms with Crippen LogP contribution in [0.3, 0.4) is 0 Å². The van der Waals surface area contributed by atoms with E-state index in [1.54, 1.807) is 0 Å². The van der Waals surface area contributed by atoms with Gasteiger partial charge < -0.3 is 15.3 Å². The van der Waals surface area contributed by atoms with Gasteiger partial charge in [0.1, 0.15) is 0 Å². The van der Waals surface area contributed by atoms with Crippen molar-refractivity contribution in [2.75, 3.05) is 5.75 Å². The van der Waals surface area contributed by atoms with E-state index in [1.807, 2.05) is 24.3 Å². The minimum Gasteiger partial charge on any atom is -0.481 e. The number of hydrogen-bond donors (Lipinski definition) is 3. The second-order valence-electron chi connectivity index (χ2n) is 6.59. The van der Waals surface area contributed by atoms with Crippen LogP contribution in [-0.4, -0.2) is 44.0 Å². The molecule has 2 unspecified atom stereocenters. The van der Waals surface area contributed by atoms with Gasteiger partial charge in [0.2, 0.25) is 0 Å². The summed E-state index contributed by atoms with van der Waals surface area (Å²) in [5.74, 6) is -5.68. The van der Waals surface area contributed by atoms with Gasteiger partial charge in [0.25, 0.3) is 0 Å². The van der Waals surface area contributed by atoms with Gasteiger partial charge in [0.15, 0.2) is 4.34 Å². The van der Waals surface area contributed by atoms with Gasteiger partial charge in [0.05, 0.1) is 27.0 Å². The molecule has 0 spiro atoms. The first kappa shape index (κ1) is 20.2. The molecule has 0 saturated carbocycles. The minimum absolute atomic E-state index is 0.103. The average Bonchev–Trinajstić information content (AvgIpc) is 2.96. The lowest BCUT2D eigenvalue weighted by Crippen LogP contribution is -2.54. The third-order valence-corrected chi connectivity index (χ3v) is 7.19. The third-order valence-electron chi connectivity index (χ3n) is 4.92. The lowest BCUT2D eigenvalue weighted by molar-refractivity contribution is -0.179. The van der Waals surface area contributed by atoms with E-state index in [-0.39, 0.29) is 5.75 Å². The number of carbonyl (C=O) groups is 3. The van der Waals surface area contributed by atoms with Crippen molar-refractivity contribution >= 4 is 51.2 Å². The summed E-state index contributed by atoms with van der Waals surface area (Å²) >= 11 is 2.50. The first-order chi connectivity index (χ1) is 12.0. The number of carboxylic acid groups (broad SMARTS) is 3. The molecule has 140 valence electrons. The molecule has 26 heavy (non-hydrogen) atoms. The van der Waals surface area contributed by atoms with Crippen molar-refractivity contribution < 1.29 is 29.7 Å². The summed E-state index contributed by atoms with van der Waals surface area (Å²) < 4.78 is 1.55. The molecule has 0 radical (unpaired) electrons. The highest BCUT2D eigenvalue weighted by Crippen LogP contribution is 2.47. The number of aromatic nitrogens is 1. The topological polar surface area (TPSA) is 125 Å². The molecule has 0 aliphatic heterocycles. The maximum Gasteiger partial charge on any atom is 0.311 e. The molecule has 1 aromatic heterocycles. The van der Waals surface area contributed by atoms with Gasteiger partial charge in [-0.05, 0) is 32.9 Å². The number of hydrogen-bond acceptors (Lipinski definition) is 6. The Bertz CT molecular complexity index is 829. The molecule has 0 saturated heterocycles. The molecular formula is C17H19NO6S2. The largest absolute Gasteiger partial charge is 0.481 e. The van der Waals surface area contributed by atoms with Crippen molar-refractivity contribution in [3.8, 4) is 0 Å². The Labute approximate surface area is 158 Å². The fourth-order valence-electron chi connectivity index (χ4n) is 2.63.